The molecule has 1 fully saturated rings. The molecular formula is C18H31N3O2. The Morgan fingerprint density at radius 2 is 2.04 bits per heavy atom. The third kappa shape index (κ3) is 5.34. The van der Waals surface area contributed by atoms with Crippen LogP contribution in [0.5, 0.6) is 0 Å². The maximum atomic E-state index is 12.3. The van der Waals surface area contributed by atoms with Crippen molar-refractivity contribution in [2.24, 2.45) is 5.92 Å². The first kappa shape index (κ1) is 18.0. The summed E-state index contributed by atoms with van der Waals surface area (Å²) in [5, 5.41) is 5.79. The van der Waals surface area contributed by atoms with E-state index in [1.807, 2.05) is 6.92 Å². The molecule has 2 amide bonds. The highest BCUT2D eigenvalue weighted by Crippen LogP contribution is 2.20. The van der Waals surface area contributed by atoms with Crippen molar-refractivity contribution >= 4 is 11.8 Å². The first-order valence-electron chi connectivity index (χ1n) is 9.03. The van der Waals surface area contributed by atoms with Gasteiger partial charge < -0.3 is 10.6 Å². The Kier molecular flexibility index (Phi) is 7.09. The van der Waals surface area contributed by atoms with E-state index in [4.69, 9.17) is 0 Å². The summed E-state index contributed by atoms with van der Waals surface area (Å²) < 4.78 is 0. The minimum Gasteiger partial charge on any atom is -0.359 e. The largest absolute Gasteiger partial charge is 0.359 e. The number of amides is 2. The highest BCUT2D eigenvalue weighted by Gasteiger charge is 2.29. The maximum Gasteiger partial charge on any atom is 0.237 e. The summed E-state index contributed by atoms with van der Waals surface area (Å²) in [4.78, 5) is 26.1. The van der Waals surface area contributed by atoms with Gasteiger partial charge in [0.05, 0.1) is 6.04 Å². The van der Waals surface area contributed by atoms with Crippen LogP contribution in [0, 0.1) is 5.92 Å². The SMILES string of the molecule is CNC(=O)C1CCN(C(C)C(=O)NCCC2=CCCCC2)CC1. The van der Waals surface area contributed by atoms with Gasteiger partial charge in [-0.05, 0) is 65.0 Å². The highest BCUT2D eigenvalue weighted by molar-refractivity contribution is 5.81. The topological polar surface area (TPSA) is 61.4 Å². The Balaban J connectivity index is 1.68. The smallest absolute Gasteiger partial charge is 0.237 e. The molecule has 0 aromatic carbocycles. The summed E-state index contributed by atoms with van der Waals surface area (Å²) in [6, 6.07) is -0.110. The molecule has 5 nitrogen and oxygen atoms in total. The van der Waals surface area contributed by atoms with Gasteiger partial charge in [-0.2, -0.15) is 0 Å². The predicted octanol–water partition coefficient (Wildman–Crippen LogP) is 1.84. The molecule has 1 aliphatic heterocycles. The lowest BCUT2D eigenvalue weighted by Gasteiger charge is -2.34. The molecule has 0 spiro atoms. The van der Waals surface area contributed by atoms with Crippen molar-refractivity contribution in [2.75, 3.05) is 26.7 Å². The van der Waals surface area contributed by atoms with Crippen LogP contribution in [-0.2, 0) is 9.59 Å². The van der Waals surface area contributed by atoms with Crippen molar-refractivity contribution in [1.82, 2.24) is 15.5 Å². The zero-order chi connectivity index (χ0) is 16.7. The number of hydrogen-bond donors (Lipinski definition) is 2. The van der Waals surface area contributed by atoms with E-state index in [2.05, 4.69) is 21.6 Å². The van der Waals surface area contributed by atoms with Crippen LogP contribution in [0.15, 0.2) is 11.6 Å². The fourth-order valence-corrected chi connectivity index (χ4v) is 3.54. The van der Waals surface area contributed by atoms with Gasteiger partial charge in [0.15, 0.2) is 0 Å². The van der Waals surface area contributed by atoms with Crippen molar-refractivity contribution < 1.29 is 9.59 Å². The Hall–Kier alpha value is -1.36. The standard InChI is InChI=1S/C18H31N3O2/c1-14(21-12-9-16(10-13-21)18(23)19-2)17(22)20-11-8-15-6-4-3-5-7-15/h6,14,16H,3-5,7-13H2,1-2H3,(H,19,23)(H,20,22). The lowest BCUT2D eigenvalue weighted by Crippen LogP contribution is -2.49. The third-order valence-electron chi connectivity index (χ3n) is 5.20. The monoisotopic (exact) mass is 321 g/mol. The molecule has 0 saturated carbocycles. The summed E-state index contributed by atoms with van der Waals surface area (Å²) in [6.07, 6.45) is 9.97. The minimum absolute atomic E-state index is 0.102. The van der Waals surface area contributed by atoms with Gasteiger partial charge >= 0.3 is 0 Å². The first-order chi connectivity index (χ1) is 11.1. The molecule has 1 atom stereocenters. The molecule has 2 N–H and O–H groups in total. The number of nitrogens with one attached hydrogen (secondary N) is 2. The van der Waals surface area contributed by atoms with Crippen LogP contribution in [0.25, 0.3) is 0 Å². The predicted molar refractivity (Wildman–Crippen MR) is 92.0 cm³/mol. The number of allylic oxidation sites excluding steroid dienone is 1. The fourth-order valence-electron chi connectivity index (χ4n) is 3.54. The summed E-state index contributed by atoms with van der Waals surface area (Å²) >= 11 is 0. The molecular weight excluding hydrogens is 290 g/mol. The Labute approximate surface area is 139 Å². The summed E-state index contributed by atoms with van der Waals surface area (Å²) in [6.45, 7) is 4.34. The molecule has 23 heavy (non-hydrogen) atoms. The van der Waals surface area contributed by atoms with Crippen molar-refractivity contribution in [2.45, 2.75) is 57.9 Å². The molecule has 1 aliphatic carbocycles. The van der Waals surface area contributed by atoms with Crippen LogP contribution in [0.2, 0.25) is 0 Å². The Morgan fingerprint density at radius 3 is 2.65 bits per heavy atom. The molecule has 0 bridgehead atoms. The van der Waals surface area contributed by atoms with Crippen LogP contribution in [0.3, 0.4) is 0 Å². The molecule has 1 heterocycles. The summed E-state index contributed by atoms with van der Waals surface area (Å²) in [5.74, 6) is 0.340. The number of carbonyl (C=O) groups excluding carboxylic acids is 2. The van der Waals surface area contributed by atoms with E-state index in [1.54, 1.807) is 7.05 Å². The van der Waals surface area contributed by atoms with Gasteiger partial charge in [-0.1, -0.05) is 11.6 Å². The number of piperidine rings is 1. The van der Waals surface area contributed by atoms with Gasteiger partial charge in [-0.15, -0.1) is 0 Å². The average Bonchev–Trinajstić information content (AvgIpc) is 2.61. The molecule has 5 heteroatoms. The van der Waals surface area contributed by atoms with Crippen LogP contribution in [-0.4, -0.2) is 49.4 Å². The van der Waals surface area contributed by atoms with E-state index in [9.17, 15) is 9.59 Å². The molecule has 130 valence electrons. The first-order valence-corrected chi connectivity index (χ1v) is 9.03. The number of carbonyl (C=O) groups is 2. The number of hydrogen-bond acceptors (Lipinski definition) is 3. The van der Waals surface area contributed by atoms with E-state index < -0.39 is 0 Å². The van der Waals surface area contributed by atoms with E-state index in [1.165, 1.54) is 31.3 Å². The second kappa shape index (κ2) is 9.06. The normalized spacial score (nSPS) is 21.4. The Bertz CT molecular complexity index is 440. The van der Waals surface area contributed by atoms with Gasteiger partial charge in [-0.25, -0.2) is 0 Å². The molecule has 2 aliphatic rings. The summed E-state index contributed by atoms with van der Waals surface area (Å²) in [7, 11) is 1.69. The molecule has 1 saturated heterocycles. The second-order valence-corrected chi connectivity index (χ2v) is 6.75. The lowest BCUT2D eigenvalue weighted by molar-refractivity contribution is -0.128. The van der Waals surface area contributed by atoms with Gasteiger partial charge in [0.2, 0.25) is 11.8 Å². The molecule has 1 unspecified atom stereocenters. The molecule has 0 aromatic rings. The molecule has 2 rings (SSSR count). The van der Waals surface area contributed by atoms with E-state index in [0.717, 1.165) is 38.9 Å². The average molecular weight is 321 g/mol. The maximum absolute atomic E-state index is 12.3. The number of likely N-dealkylation sites (tertiary alicyclic amines) is 1. The van der Waals surface area contributed by atoms with Crippen molar-refractivity contribution in [3.05, 3.63) is 11.6 Å². The zero-order valence-electron chi connectivity index (χ0n) is 14.6. The van der Waals surface area contributed by atoms with E-state index >= 15 is 0 Å². The minimum atomic E-state index is -0.110. The van der Waals surface area contributed by atoms with Crippen molar-refractivity contribution in [1.29, 1.82) is 0 Å². The van der Waals surface area contributed by atoms with Crippen LogP contribution < -0.4 is 10.6 Å². The van der Waals surface area contributed by atoms with E-state index in [0.29, 0.717) is 0 Å². The second-order valence-electron chi connectivity index (χ2n) is 6.75. The van der Waals surface area contributed by atoms with E-state index in [-0.39, 0.29) is 23.8 Å². The van der Waals surface area contributed by atoms with Crippen molar-refractivity contribution in [3.63, 3.8) is 0 Å². The van der Waals surface area contributed by atoms with Crippen LogP contribution in [0.1, 0.15) is 51.9 Å². The fraction of sp³-hybridized carbons (Fsp3) is 0.778. The highest BCUT2D eigenvalue weighted by atomic mass is 16.2. The lowest BCUT2D eigenvalue weighted by atomic mass is 9.95. The number of nitrogens with zero attached hydrogens (tertiary/aromatic N) is 1. The van der Waals surface area contributed by atoms with Gasteiger partial charge in [0.1, 0.15) is 0 Å². The quantitative estimate of drug-likeness (QED) is 0.734. The number of rotatable bonds is 6. The van der Waals surface area contributed by atoms with Gasteiger partial charge in [0, 0.05) is 19.5 Å². The van der Waals surface area contributed by atoms with Crippen molar-refractivity contribution in [3.8, 4) is 0 Å². The summed E-state index contributed by atoms with van der Waals surface area (Å²) in [5.41, 5.74) is 1.50. The van der Waals surface area contributed by atoms with Gasteiger partial charge in [0.25, 0.3) is 0 Å². The zero-order valence-corrected chi connectivity index (χ0v) is 14.6. The molecule has 0 radical (unpaired) electrons. The molecule has 0 aromatic heterocycles. The van der Waals surface area contributed by atoms with Gasteiger partial charge in [-0.3, -0.25) is 14.5 Å². The van der Waals surface area contributed by atoms with Crippen LogP contribution >= 0.6 is 0 Å². The third-order valence-corrected chi connectivity index (χ3v) is 5.20. The Morgan fingerprint density at radius 1 is 1.30 bits per heavy atom. The van der Waals surface area contributed by atoms with Crippen LogP contribution in [0.4, 0.5) is 0 Å².